The molecular formula is C16H21F2N. The van der Waals surface area contributed by atoms with Gasteiger partial charge in [0.1, 0.15) is 11.6 Å². The number of benzene rings is 1. The van der Waals surface area contributed by atoms with Crippen LogP contribution in [0.2, 0.25) is 0 Å². The molecule has 104 valence electrons. The molecule has 1 nitrogen and oxygen atoms in total. The summed E-state index contributed by atoms with van der Waals surface area (Å²) in [6, 6.07) is 2.49. The van der Waals surface area contributed by atoms with E-state index in [2.05, 4.69) is 12.2 Å². The molecule has 0 spiro atoms. The minimum absolute atomic E-state index is 0.253. The Kier molecular flexibility index (Phi) is 3.46. The monoisotopic (exact) mass is 265 g/mol. The van der Waals surface area contributed by atoms with Crippen molar-refractivity contribution in [2.75, 3.05) is 11.9 Å². The molecule has 0 aromatic heterocycles. The average molecular weight is 265 g/mol. The third kappa shape index (κ3) is 2.35. The van der Waals surface area contributed by atoms with Gasteiger partial charge in [0, 0.05) is 18.5 Å². The van der Waals surface area contributed by atoms with Gasteiger partial charge < -0.3 is 5.32 Å². The van der Waals surface area contributed by atoms with Crippen LogP contribution in [-0.2, 0) is 0 Å². The van der Waals surface area contributed by atoms with Crippen molar-refractivity contribution in [3.63, 3.8) is 0 Å². The lowest BCUT2D eigenvalue weighted by Crippen LogP contribution is -2.23. The number of nitrogens with one attached hydrogen (secondary N) is 1. The summed E-state index contributed by atoms with van der Waals surface area (Å²) in [5, 5.41) is 3.12. The fraction of sp³-hybridized carbons (Fsp3) is 0.625. The van der Waals surface area contributed by atoms with Crippen molar-refractivity contribution in [1.82, 2.24) is 0 Å². The highest BCUT2D eigenvalue weighted by Crippen LogP contribution is 2.44. The van der Waals surface area contributed by atoms with Crippen LogP contribution in [0.25, 0.3) is 0 Å². The smallest absolute Gasteiger partial charge is 0.149 e. The molecule has 1 aromatic carbocycles. The summed E-state index contributed by atoms with van der Waals surface area (Å²) >= 11 is 0. The Labute approximate surface area is 113 Å². The largest absolute Gasteiger partial charge is 0.382 e. The van der Waals surface area contributed by atoms with Gasteiger partial charge in [0.15, 0.2) is 0 Å². The Morgan fingerprint density at radius 3 is 2.63 bits per heavy atom. The Bertz CT molecular complexity index is 466. The molecule has 2 unspecified atom stereocenters. The first-order valence-corrected chi connectivity index (χ1v) is 7.39. The second kappa shape index (κ2) is 5.10. The summed E-state index contributed by atoms with van der Waals surface area (Å²) in [6.07, 6.45) is 6.49. The molecule has 1 aliphatic carbocycles. The highest BCUT2D eigenvalue weighted by Gasteiger charge is 2.34. The van der Waals surface area contributed by atoms with Crippen molar-refractivity contribution in [2.45, 2.75) is 44.9 Å². The van der Waals surface area contributed by atoms with Crippen LogP contribution in [0.15, 0.2) is 12.1 Å². The Morgan fingerprint density at radius 2 is 1.89 bits per heavy atom. The second-order valence-corrected chi connectivity index (χ2v) is 6.10. The lowest BCUT2D eigenvalue weighted by Gasteiger charge is -2.31. The van der Waals surface area contributed by atoms with E-state index in [-0.39, 0.29) is 5.92 Å². The Morgan fingerprint density at radius 1 is 1.16 bits per heavy atom. The van der Waals surface area contributed by atoms with Gasteiger partial charge in [-0.25, -0.2) is 8.78 Å². The van der Waals surface area contributed by atoms with Crippen molar-refractivity contribution < 1.29 is 8.78 Å². The van der Waals surface area contributed by atoms with Gasteiger partial charge in [-0.2, -0.15) is 0 Å². The van der Waals surface area contributed by atoms with Crippen molar-refractivity contribution in [3.8, 4) is 0 Å². The van der Waals surface area contributed by atoms with Gasteiger partial charge >= 0.3 is 0 Å². The summed E-state index contributed by atoms with van der Waals surface area (Å²) in [6.45, 7) is 2.99. The molecule has 2 atom stereocenters. The van der Waals surface area contributed by atoms with E-state index >= 15 is 0 Å². The van der Waals surface area contributed by atoms with E-state index in [9.17, 15) is 8.78 Å². The molecule has 1 fully saturated rings. The molecule has 3 rings (SSSR count). The standard InChI is InChI=1S/C16H21F2N/c1-10(11-5-3-2-4-6-11)14-9-19-16-13(14)7-12(17)8-15(16)18/h7-8,10-11,14,19H,2-6,9H2,1H3. The van der Waals surface area contributed by atoms with Crippen LogP contribution in [-0.4, -0.2) is 6.54 Å². The van der Waals surface area contributed by atoms with Crippen LogP contribution in [0.1, 0.15) is 50.5 Å². The zero-order valence-electron chi connectivity index (χ0n) is 11.4. The van der Waals surface area contributed by atoms with Crippen LogP contribution in [0, 0.1) is 23.5 Å². The molecule has 1 N–H and O–H groups in total. The summed E-state index contributed by atoms with van der Waals surface area (Å²) in [5.74, 6) is 0.547. The maximum atomic E-state index is 13.7. The van der Waals surface area contributed by atoms with E-state index < -0.39 is 11.6 Å². The van der Waals surface area contributed by atoms with Gasteiger partial charge in [-0.15, -0.1) is 0 Å². The normalized spacial score (nSPS) is 24.9. The first-order chi connectivity index (χ1) is 9.16. The summed E-state index contributed by atoms with van der Waals surface area (Å²) < 4.78 is 27.2. The molecule has 1 saturated carbocycles. The lowest BCUT2D eigenvalue weighted by atomic mass is 9.73. The van der Waals surface area contributed by atoms with E-state index in [1.807, 2.05) is 0 Å². The first-order valence-electron chi connectivity index (χ1n) is 7.39. The van der Waals surface area contributed by atoms with Crippen LogP contribution < -0.4 is 5.32 Å². The lowest BCUT2D eigenvalue weighted by molar-refractivity contribution is 0.238. The summed E-state index contributed by atoms with van der Waals surface area (Å²) in [7, 11) is 0. The summed E-state index contributed by atoms with van der Waals surface area (Å²) in [5.41, 5.74) is 1.37. The number of hydrogen-bond donors (Lipinski definition) is 1. The quantitative estimate of drug-likeness (QED) is 0.818. The molecule has 0 radical (unpaired) electrons. The number of rotatable bonds is 2. The second-order valence-electron chi connectivity index (χ2n) is 6.10. The summed E-state index contributed by atoms with van der Waals surface area (Å²) in [4.78, 5) is 0. The first kappa shape index (κ1) is 12.9. The molecule has 3 heteroatoms. The zero-order chi connectivity index (χ0) is 13.4. The van der Waals surface area contributed by atoms with Crippen LogP contribution in [0.4, 0.5) is 14.5 Å². The van der Waals surface area contributed by atoms with Crippen molar-refractivity contribution in [3.05, 3.63) is 29.3 Å². The van der Waals surface area contributed by atoms with Gasteiger partial charge in [-0.1, -0.05) is 39.0 Å². The molecule has 1 aliphatic heterocycles. The van der Waals surface area contributed by atoms with E-state index in [0.29, 0.717) is 17.5 Å². The molecule has 0 amide bonds. The van der Waals surface area contributed by atoms with Crippen molar-refractivity contribution >= 4 is 5.69 Å². The van der Waals surface area contributed by atoms with Gasteiger partial charge in [0.05, 0.1) is 5.69 Å². The fourth-order valence-corrected chi connectivity index (χ4v) is 3.85. The van der Waals surface area contributed by atoms with Crippen LogP contribution in [0.3, 0.4) is 0 Å². The number of halogens is 2. The molecule has 1 aromatic rings. The Balaban J connectivity index is 1.85. The van der Waals surface area contributed by atoms with E-state index in [0.717, 1.165) is 18.2 Å². The minimum Gasteiger partial charge on any atom is -0.382 e. The number of hydrogen-bond acceptors (Lipinski definition) is 1. The fourth-order valence-electron chi connectivity index (χ4n) is 3.85. The van der Waals surface area contributed by atoms with Gasteiger partial charge in [0.25, 0.3) is 0 Å². The molecule has 2 aliphatic rings. The van der Waals surface area contributed by atoms with E-state index in [1.165, 1.54) is 38.2 Å². The van der Waals surface area contributed by atoms with Crippen molar-refractivity contribution in [1.29, 1.82) is 0 Å². The minimum atomic E-state index is -0.458. The molecule has 19 heavy (non-hydrogen) atoms. The SMILES string of the molecule is CC(C1CCCCC1)C1CNc2c(F)cc(F)cc21. The molecular weight excluding hydrogens is 244 g/mol. The molecule has 1 heterocycles. The number of fused-ring (bicyclic) bond motifs is 1. The topological polar surface area (TPSA) is 12.0 Å². The predicted molar refractivity (Wildman–Crippen MR) is 73.3 cm³/mol. The van der Waals surface area contributed by atoms with Crippen LogP contribution in [0.5, 0.6) is 0 Å². The third-order valence-corrected chi connectivity index (χ3v) is 5.01. The predicted octanol–water partition coefficient (Wildman–Crippen LogP) is 4.69. The zero-order valence-corrected chi connectivity index (χ0v) is 11.4. The van der Waals surface area contributed by atoms with E-state index in [4.69, 9.17) is 0 Å². The molecule has 0 saturated heterocycles. The highest BCUT2D eigenvalue weighted by molar-refractivity contribution is 5.59. The van der Waals surface area contributed by atoms with E-state index in [1.54, 1.807) is 0 Å². The van der Waals surface area contributed by atoms with Crippen LogP contribution >= 0.6 is 0 Å². The van der Waals surface area contributed by atoms with Gasteiger partial charge in [-0.05, 0) is 23.5 Å². The third-order valence-electron chi connectivity index (χ3n) is 5.01. The highest BCUT2D eigenvalue weighted by atomic mass is 19.1. The average Bonchev–Trinajstić information content (AvgIpc) is 2.83. The van der Waals surface area contributed by atoms with Crippen molar-refractivity contribution in [2.24, 2.45) is 11.8 Å². The maximum Gasteiger partial charge on any atom is 0.149 e. The maximum absolute atomic E-state index is 13.7. The van der Waals surface area contributed by atoms with Gasteiger partial charge in [-0.3, -0.25) is 0 Å². The molecule has 0 bridgehead atoms. The van der Waals surface area contributed by atoms with Gasteiger partial charge in [0.2, 0.25) is 0 Å². The number of anilines is 1. The Hall–Kier alpha value is -1.12.